The molecule has 0 amide bonds. The van der Waals surface area contributed by atoms with E-state index in [2.05, 4.69) is 17.8 Å². The largest absolute Gasteiger partial charge is 0.506 e. The summed E-state index contributed by atoms with van der Waals surface area (Å²) in [6.07, 6.45) is 17.5. The highest BCUT2D eigenvalue weighted by Gasteiger charge is 2.18. The quantitative estimate of drug-likeness (QED) is 0.201. The van der Waals surface area contributed by atoms with Crippen LogP contribution in [0.15, 0.2) is 54.6 Å². The molecule has 0 spiro atoms. The topological polar surface area (TPSA) is 111 Å². The molecule has 0 radical (unpaired) electrons. The molecule has 0 bridgehead atoms. The molecule has 4 aromatic rings. The van der Waals surface area contributed by atoms with Crippen LogP contribution in [0.2, 0.25) is 0 Å². The third-order valence-corrected chi connectivity index (χ3v) is 5.12. The second-order valence-corrected chi connectivity index (χ2v) is 7.24. The molecular formula is C28H18N2O4. The lowest BCUT2D eigenvalue weighted by molar-refractivity contribution is 0.466. The first kappa shape index (κ1) is 21.8. The zero-order chi connectivity index (χ0) is 24.4. The summed E-state index contributed by atoms with van der Waals surface area (Å²) in [6.45, 7) is 0. The first-order chi connectivity index (χ1) is 16.4. The van der Waals surface area contributed by atoms with E-state index in [0.29, 0.717) is 50.5 Å². The summed E-state index contributed by atoms with van der Waals surface area (Å²) in [6, 6.07) is 14.1. The van der Waals surface area contributed by atoms with Gasteiger partial charge in [-0.2, -0.15) is 0 Å². The number of nitrogen functional groups attached to an aromatic ring is 2. The number of benzene rings is 4. The molecule has 4 aromatic carbocycles. The fourth-order valence-corrected chi connectivity index (χ4v) is 3.49. The van der Waals surface area contributed by atoms with Crippen LogP contribution in [0.1, 0.15) is 16.7 Å². The summed E-state index contributed by atoms with van der Waals surface area (Å²) in [5.74, 6) is 9.18. The van der Waals surface area contributed by atoms with Crippen LogP contribution in [0, 0.1) is 37.0 Å². The van der Waals surface area contributed by atoms with Crippen LogP contribution < -0.4 is 20.9 Å². The van der Waals surface area contributed by atoms with E-state index < -0.39 is 0 Å². The molecule has 6 nitrogen and oxygen atoms in total. The smallest absolute Gasteiger partial charge is 0.144 e. The van der Waals surface area contributed by atoms with Gasteiger partial charge in [0.25, 0.3) is 0 Å². The third kappa shape index (κ3) is 3.82. The van der Waals surface area contributed by atoms with E-state index >= 15 is 0 Å². The van der Waals surface area contributed by atoms with Crippen molar-refractivity contribution in [1.29, 1.82) is 0 Å². The number of hydrogen-bond donors (Lipinski definition) is 4. The number of nitrogens with two attached hydrogens (primary N) is 2. The van der Waals surface area contributed by atoms with E-state index in [1.807, 2.05) is 0 Å². The lowest BCUT2D eigenvalue weighted by atomic mass is 9.94. The Morgan fingerprint density at radius 1 is 0.618 bits per heavy atom. The Morgan fingerprint density at radius 3 is 1.65 bits per heavy atom. The van der Waals surface area contributed by atoms with Gasteiger partial charge in [-0.25, -0.2) is 0 Å². The first-order valence-electron chi connectivity index (χ1n) is 9.92. The summed E-state index contributed by atoms with van der Waals surface area (Å²) in [4.78, 5) is 0. The van der Waals surface area contributed by atoms with Crippen molar-refractivity contribution in [3.63, 3.8) is 0 Å². The van der Waals surface area contributed by atoms with Crippen molar-refractivity contribution >= 4 is 22.1 Å². The zero-order valence-corrected chi connectivity index (χ0v) is 17.8. The normalized spacial score (nSPS) is 10.1. The highest BCUT2D eigenvalue weighted by Crippen LogP contribution is 2.40. The minimum absolute atomic E-state index is 0.0563. The van der Waals surface area contributed by atoms with Crippen LogP contribution >= 0.6 is 0 Å². The molecule has 164 valence electrons. The second kappa shape index (κ2) is 8.63. The van der Waals surface area contributed by atoms with Crippen LogP contribution in [-0.2, 0) is 0 Å². The maximum atomic E-state index is 9.66. The molecule has 0 aromatic heterocycles. The molecule has 0 fully saturated rings. The SMILES string of the molecule is C#Cc1c(Oc2ccc(O)c(N)c2)cc2ccc(Oc3ccc(O)c(N)c3)c(C#C)c2c1C#C. The molecule has 0 unspecified atom stereocenters. The number of aromatic hydroxyl groups is 2. The van der Waals surface area contributed by atoms with Crippen LogP contribution in [-0.4, -0.2) is 10.2 Å². The van der Waals surface area contributed by atoms with E-state index in [4.69, 9.17) is 40.2 Å². The highest BCUT2D eigenvalue weighted by atomic mass is 16.5. The van der Waals surface area contributed by atoms with Gasteiger partial charge in [-0.1, -0.05) is 23.8 Å². The fourth-order valence-electron chi connectivity index (χ4n) is 3.49. The first-order valence-corrected chi connectivity index (χ1v) is 9.92. The Morgan fingerprint density at radius 2 is 1.15 bits per heavy atom. The van der Waals surface area contributed by atoms with Crippen LogP contribution in [0.25, 0.3) is 10.8 Å². The summed E-state index contributed by atoms with van der Waals surface area (Å²) >= 11 is 0. The van der Waals surface area contributed by atoms with Crippen molar-refractivity contribution < 1.29 is 19.7 Å². The van der Waals surface area contributed by atoms with Crippen LogP contribution in [0.3, 0.4) is 0 Å². The van der Waals surface area contributed by atoms with E-state index in [-0.39, 0.29) is 22.9 Å². The molecule has 4 rings (SSSR count). The Balaban J connectivity index is 1.88. The Bertz CT molecular complexity index is 1580. The van der Waals surface area contributed by atoms with Gasteiger partial charge >= 0.3 is 0 Å². The Labute approximate surface area is 196 Å². The number of phenolic OH excluding ortho intramolecular Hbond substituents is 2. The van der Waals surface area contributed by atoms with E-state index in [9.17, 15) is 10.2 Å². The highest BCUT2D eigenvalue weighted by molar-refractivity contribution is 5.98. The summed E-state index contributed by atoms with van der Waals surface area (Å²) < 4.78 is 11.9. The van der Waals surface area contributed by atoms with E-state index in [0.717, 1.165) is 0 Å². The summed E-state index contributed by atoms with van der Waals surface area (Å²) in [5, 5.41) is 20.6. The lowest BCUT2D eigenvalue weighted by Gasteiger charge is -2.16. The van der Waals surface area contributed by atoms with Gasteiger partial charge in [0.15, 0.2) is 0 Å². The maximum Gasteiger partial charge on any atom is 0.144 e. The molecule has 0 atom stereocenters. The van der Waals surface area contributed by atoms with Gasteiger partial charge < -0.3 is 31.2 Å². The van der Waals surface area contributed by atoms with Gasteiger partial charge in [-0.15, -0.1) is 19.3 Å². The van der Waals surface area contributed by atoms with Gasteiger partial charge in [0.05, 0.1) is 28.1 Å². The number of rotatable bonds is 4. The number of ether oxygens (including phenoxy) is 2. The van der Waals surface area contributed by atoms with Gasteiger partial charge in [-0.05, 0) is 41.8 Å². The van der Waals surface area contributed by atoms with Crippen molar-refractivity contribution in [2.45, 2.75) is 0 Å². The Kier molecular flexibility index (Phi) is 5.54. The third-order valence-electron chi connectivity index (χ3n) is 5.12. The molecule has 6 N–H and O–H groups in total. The van der Waals surface area contributed by atoms with Crippen molar-refractivity contribution in [1.82, 2.24) is 0 Å². The van der Waals surface area contributed by atoms with Crippen molar-refractivity contribution in [3.8, 4) is 71.5 Å². The summed E-state index contributed by atoms with van der Waals surface area (Å²) in [7, 11) is 0. The molecule has 34 heavy (non-hydrogen) atoms. The second-order valence-electron chi connectivity index (χ2n) is 7.24. The van der Waals surface area contributed by atoms with Gasteiger partial charge in [0, 0.05) is 17.5 Å². The predicted molar refractivity (Wildman–Crippen MR) is 133 cm³/mol. The molecule has 6 heteroatoms. The van der Waals surface area contributed by atoms with Crippen molar-refractivity contribution in [3.05, 3.63) is 71.3 Å². The monoisotopic (exact) mass is 446 g/mol. The van der Waals surface area contributed by atoms with E-state index in [1.165, 1.54) is 24.3 Å². The number of phenols is 2. The maximum absolute atomic E-state index is 9.66. The van der Waals surface area contributed by atoms with Gasteiger partial charge in [0.1, 0.15) is 34.5 Å². The lowest BCUT2D eigenvalue weighted by Crippen LogP contribution is -1.98. The van der Waals surface area contributed by atoms with Crippen LogP contribution in [0.5, 0.6) is 34.5 Å². The van der Waals surface area contributed by atoms with E-state index in [1.54, 1.807) is 30.3 Å². The Hall–Kier alpha value is -5.38. The molecule has 0 aliphatic rings. The molecule has 0 aliphatic heterocycles. The number of fused-ring (bicyclic) bond motifs is 1. The minimum Gasteiger partial charge on any atom is -0.506 e. The molecular weight excluding hydrogens is 428 g/mol. The number of anilines is 2. The average molecular weight is 446 g/mol. The van der Waals surface area contributed by atoms with Crippen LogP contribution in [0.4, 0.5) is 11.4 Å². The molecule has 0 aliphatic carbocycles. The fraction of sp³-hybridized carbons (Fsp3) is 0. The number of hydrogen-bond acceptors (Lipinski definition) is 6. The van der Waals surface area contributed by atoms with Gasteiger partial charge in [-0.3, -0.25) is 0 Å². The molecule has 0 saturated heterocycles. The van der Waals surface area contributed by atoms with Gasteiger partial charge in [0.2, 0.25) is 0 Å². The zero-order valence-electron chi connectivity index (χ0n) is 17.8. The van der Waals surface area contributed by atoms with Crippen molar-refractivity contribution in [2.75, 3.05) is 11.5 Å². The number of terminal acetylenes is 3. The molecule has 0 saturated carbocycles. The predicted octanol–water partition coefficient (Wildman–Crippen LogP) is 4.94. The summed E-state index contributed by atoms with van der Waals surface area (Å²) in [5.41, 5.74) is 12.9. The van der Waals surface area contributed by atoms with Crippen molar-refractivity contribution in [2.24, 2.45) is 0 Å². The molecule has 0 heterocycles. The average Bonchev–Trinajstić information content (AvgIpc) is 2.82. The standard InChI is InChI=1S/C28H18N2O4/c1-4-19-20(5-2)28-16(13-27(19)34-18-9-11-25(32)23(30)15-18)7-12-26(21(28)6-3)33-17-8-10-24(31)22(29)14-17/h1-3,7-15,31-32H,29-30H2. The minimum atomic E-state index is -0.0612.